The molecule has 3 aliphatic rings. The number of rotatable bonds is 3. The monoisotopic (exact) mass is 268 g/mol. The molecule has 3 heteroatoms. The van der Waals surface area contributed by atoms with E-state index in [0.717, 1.165) is 24.8 Å². The van der Waals surface area contributed by atoms with Crippen LogP contribution in [0.2, 0.25) is 0 Å². The van der Waals surface area contributed by atoms with Crippen LogP contribution in [0.1, 0.15) is 26.2 Å². The first-order chi connectivity index (χ1) is 9.74. The molecule has 20 heavy (non-hydrogen) atoms. The summed E-state index contributed by atoms with van der Waals surface area (Å²) >= 11 is 0. The Morgan fingerprint density at radius 1 is 1.25 bits per heavy atom. The van der Waals surface area contributed by atoms with Crippen LogP contribution in [0.3, 0.4) is 0 Å². The van der Waals surface area contributed by atoms with Crippen LogP contribution >= 0.6 is 0 Å². The van der Waals surface area contributed by atoms with Gasteiger partial charge in [0, 0.05) is 5.57 Å². The third-order valence-electron chi connectivity index (χ3n) is 4.62. The molecule has 4 atom stereocenters. The van der Waals surface area contributed by atoms with Gasteiger partial charge in [0.25, 0.3) is 5.91 Å². The third-order valence-corrected chi connectivity index (χ3v) is 4.62. The zero-order valence-electron chi connectivity index (χ0n) is 11.8. The number of hydrogen-bond donors (Lipinski definition) is 0. The average molecular weight is 268 g/mol. The number of carbonyl (C=O) groups excluding carboxylic acids is 1. The second-order valence-corrected chi connectivity index (χ2v) is 6.00. The minimum absolute atomic E-state index is 0.158. The molecule has 0 bridgehead atoms. The fourth-order valence-electron chi connectivity index (χ4n) is 3.44. The first-order valence-electron chi connectivity index (χ1n) is 7.40. The Morgan fingerprint density at radius 2 is 2.15 bits per heavy atom. The molecule has 104 valence electrons. The average Bonchev–Trinajstić information content (AvgIpc) is 2.87. The fraction of sp³-hybridized carbons (Fsp3) is 0.471. The van der Waals surface area contributed by atoms with Crippen molar-refractivity contribution in [1.29, 1.82) is 0 Å². The van der Waals surface area contributed by atoms with Gasteiger partial charge in [-0.15, -0.1) is 5.11 Å². The first-order valence-corrected chi connectivity index (χ1v) is 7.40. The van der Waals surface area contributed by atoms with Gasteiger partial charge in [0.05, 0.1) is 6.20 Å². The molecule has 0 fully saturated rings. The quantitative estimate of drug-likeness (QED) is 0.707. The van der Waals surface area contributed by atoms with Gasteiger partial charge in [0.15, 0.2) is 0 Å². The van der Waals surface area contributed by atoms with Crippen molar-refractivity contribution < 1.29 is 4.79 Å². The summed E-state index contributed by atoms with van der Waals surface area (Å²) < 4.78 is 0. The molecule has 0 aromatic rings. The highest BCUT2D eigenvalue weighted by Crippen LogP contribution is 2.39. The van der Waals surface area contributed by atoms with E-state index in [4.69, 9.17) is 0 Å². The standard InChI is InChI=1S/C17H20N2O/c1-12-7-8-13(9-15-11-18-19-17(15)20)10-16(12)14-5-3-2-4-6-14/h2-5,7-8,11-14,16H,6,9-10H2,1H3. The lowest BCUT2D eigenvalue weighted by molar-refractivity contribution is -0.114. The summed E-state index contributed by atoms with van der Waals surface area (Å²) in [4.78, 5) is 11.5. The second-order valence-electron chi connectivity index (χ2n) is 6.00. The van der Waals surface area contributed by atoms with Gasteiger partial charge in [0.1, 0.15) is 0 Å². The van der Waals surface area contributed by atoms with Crippen molar-refractivity contribution in [3.05, 3.63) is 48.2 Å². The molecule has 0 radical (unpaired) electrons. The largest absolute Gasteiger partial charge is 0.292 e. The Hall–Kier alpha value is -1.77. The minimum Gasteiger partial charge on any atom is -0.265 e. The van der Waals surface area contributed by atoms with Crippen LogP contribution in [0.25, 0.3) is 0 Å². The van der Waals surface area contributed by atoms with E-state index in [0.29, 0.717) is 23.7 Å². The van der Waals surface area contributed by atoms with Gasteiger partial charge in [-0.2, -0.15) is 5.11 Å². The molecule has 0 saturated carbocycles. The number of carbonyl (C=O) groups is 1. The van der Waals surface area contributed by atoms with Crippen molar-refractivity contribution in [2.45, 2.75) is 26.2 Å². The Bertz CT molecular complexity index is 539. The molecule has 1 aliphatic heterocycles. The van der Waals surface area contributed by atoms with E-state index in [1.807, 2.05) is 0 Å². The van der Waals surface area contributed by atoms with Crippen molar-refractivity contribution in [3.63, 3.8) is 0 Å². The molecule has 1 heterocycles. The zero-order chi connectivity index (χ0) is 13.9. The van der Waals surface area contributed by atoms with Gasteiger partial charge in [-0.3, -0.25) is 4.79 Å². The predicted octanol–water partition coefficient (Wildman–Crippen LogP) is 4.21. The SMILES string of the molecule is CC1C=CC(CC2=CN=NC2=O)CC1C1C=CC=CC1. The molecular weight excluding hydrogens is 248 g/mol. The van der Waals surface area contributed by atoms with Gasteiger partial charge in [0.2, 0.25) is 0 Å². The number of hydrogen-bond acceptors (Lipinski definition) is 2. The Balaban J connectivity index is 1.66. The number of nitrogens with zero attached hydrogens (tertiary/aromatic N) is 2. The lowest BCUT2D eigenvalue weighted by Crippen LogP contribution is -2.26. The number of amides is 1. The van der Waals surface area contributed by atoms with E-state index in [1.54, 1.807) is 6.20 Å². The summed E-state index contributed by atoms with van der Waals surface area (Å²) in [5.74, 6) is 2.18. The van der Waals surface area contributed by atoms with Crippen molar-refractivity contribution in [1.82, 2.24) is 0 Å². The second kappa shape index (κ2) is 5.70. The van der Waals surface area contributed by atoms with Crippen LogP contribution in [0.4, 0.5) is 0 Å². The molecule has 4 unspecified atom stereocenters. The topological polar surface area (TPSA) is 41.8 Å². The van der Waals surface area contributed by atoms with Crippen LogP contribution < -0.4 is 0 Å². The van der Waals surface area contributed by atoms with Gasteiger partial charge in [-0.05, 0) is 42.9 Å². The minimum atomic E-state index is -0.158. The highest BCUT2D eigenvalue weighted by atomic mass is 16.2. The molecule has 0 aromatic carbocycles. The number of allylic oxidation sites excluding steroid dienone is 6. The lowest BCUT2D eigenvalue weighted by Gasteiger charge is -2.35. The van der Waals surface area contributed by atoms with E-state index in [1.165, 1.54) is 0 Å². The molecular formula is C17H20N2O. The molecule has 3 rings (SSSR count). The molecule has 3 nitrogen and oxygen atoms in total. The maximum absolute atomic E-state index is 11.5. The molecule has 0 aromatic heterocycles. The zero-order valence-corrected chi connectivity index (χ0v) is 11.8. The Kier molecular flexibility index (Phi) is 3.77. The Labute approximate surface area is 119 Å². The molecule has 0 saturated heterocycles. The van der Waals surface area contributed by atoms with Gasteiger partial charge in [-0.25, -0.2) is 0 Å². The van der Waals surface area contributed by atoms with Crippen LogP contribution in [0.15, 0.2) is 58.5 Å². The summed E-state index contributed by atoms with van der Waals surface area (Å²) in [6.45, 7) is 2.30. The van der Waals surface area contributed by atoms with Crippen molar-refractivity contribution in [2.24, 2.45) is 33.9 Å². The molecule has 1 amide bonds. The summed E-state index contributed by atoms with van der Waals surface area (Å²) in [5, 5.41) is 7.26. The van der Waals surface area contributed by atoms with Gasteiger partial charge in [-0.1, -0.05) is 43.4 Å². The highest BCUT2D eigenvalue weighted by molar-refractivity contribution is 5.95. The van der Waals surface area contributed by atoms with Crippen molar-refractivity contribution in [2.75, 3.05) is 0 Å². The normalized spacial score (nSPS) is 35.6. The Morgan fingerprint density at radius 3 is 2.85 bits per heavy atom. The predicted molar refractivity (Wildman–Crippen MR) is 78.9 cm³/mol. The van der Waals surface area contributed by atoms with Crippen LogP contribution in [0.5, 0.6) is 0 Å². The van der Waals surface area contributed by atoms with Crippen LogP contribution in [0, 0.1) is 23.7 Å². The van der Waals surface area contributed by atoms with Gasteiger partial charge >= 0.3 is 0 Å². The van der Waals surface area contributed by atoms with Gasteiger partial charge < -0.3 is 0 Å². The van der Waals surface area contributed by atoms with E-state index in [-0.39, 0.29) is 5.91 Å². The molecule has 0 N–H and O–H groups in total. The highest BCUT2D eigenvalue weighted by Gasteiger charge is 2.30. The number of azo groups is 1. The maximum atomic E-state index is 11.5. The van der Waals surface area contributed by atoms with Crippen molar-refractivity contribution >= 4 is 5.91 Å². The summed E-state index contributed by atoms with van der Waals surface area (Å²) in [6, 6.07) is 0. The van der Waals surface area contributed by atoms with E-state index in [9.17, 15) is 4.79 Å². The molecule has 2 aliphatic carbocycles. The van der Waals surface area contributed by atoms with Crippen LogP contribution in [-0.4, -0.2) is 5.91 Å². The summed E-state index contributed by atoms with van der Waals surface area (Å²) in [7, 11) is 0. The molecule has 0 spiro atoms. The van der Waals surface area contributed by atoms with Crippen molar-refractivity contribution in [3.8, 4) is 0 Å². The van der Waals surface area contributed by atoms with Crippen LogP contribution in [-0.2, 0) is 4.79 Å². The lowest BCUT2D eigenvalue weighted by atomic mass is 9.70. The van der Waals surface area contributed by atoms with E-state index < -0.39 is 0 Å². The smallest absolute Gasteiger partial charge is 0.265 e. The summed E-state index contributed by atoms with van der Waals surface area (Å²) in [5.41, 5.74) is 0.757. The van der Waals surface area contributed by atoms with E-state index >= 15 is 0 Å². The van der Waals surface area contributed by atoms with E-state index in [2.05, 4.69) is 53.6 Å². The fourth-order valence-corrected chi connectivity index (χ4v) is 3.44. The summed E-state index contributed by atoms with van der Waals surface area (Å²) in [6.07, 6.45) is 18.1. The first kappa shape index (κ1) is 13.2. The maximum Gasteiger partial charge on any atom is 0.292 e. The third kappa shape index (κ3) is 2.72.